The molecule has 0 saturated carbocycles. The van der Waals surface area contributed by atoms with Crippen LogP contribution in [0.4, 0.5) is 0 Å². The van der Waals surface area contributed by atoms with E-state index in [4.69, 9.17) is 16.0 Å². The van der Waals surface area contributed by atoms with Gasteiger partial charge in [0.1, 0.15) is 0 Å². The zero-order valence-corrected chi connectivity index (χ0v) is 15.4. The molecule has 3 unspecified atom stereocenters. The molecule has 1 heterocycles. The van der Waals surface area contributed by atoms with Gasteiger partial charge in [-0.3, -0.25) is 14.4 Å². The SMILES string of the molecule is [C-]#[N+]C(C(=O)OCC)c1nc(C(C#N)C(C)=O)nc(C(C#N)C(=O)OCC)n1. The van der Waals surface area contributed by atoms with Crippen LogP contribution in [0.15, 0.2) is 0 Å². The van der Waals surface area contributed by atoms with Gasteiger partial charge in [0.15, 0.2) is 23.3 Å². The highest BCUT2D eigenvalue weighted by Crippen LogP contribution is 2.22. The van der Waals surface area contributed by atoms with Gasteiger partial charge in [-0.1, -0.05) is 0 Å². The molecule has 0 aliphatic rings. The third kappa shape index (κ3) is 5.05. The highest BCUT2D eigenvalue weighted by Gasteiger charge is 2.36. The van der Waals surface area contributed by atoms with Gasteiger partial charge in [0, 0.05) is 0 Å². The average molecular weight is 384 g/mol. The summed E-state index contributed by atoms with van der Waals surface area (Å²) in [7, 11) is 0. The molecule has 0 saturated heterocycles. The minimum atomic E-state index is -1.62. The first-order valence-corrected chi connectivity index (χ1v) is 8.09. The Balaban J connectivity index is 3.65. The smallest absolute Gasteiger partial charge is 0.398 e. The van der Waals surface area contributed by atoms with Crippen molar-refractivity contribution < 1.29 is 23.9 Å². The van der Waals surface area contributed by atoms with Crippen LogP contribution in [0, 0.1) is 29.2 Å². The van der Waals surface area contributed by atoms with Crippen molar-refractivity contribution in [3.05, 3.63) is 28.9 Å². The van der Waals surface area contributed by atoms with Crippen molar-refractivity contribution in [2.24, 2.45) is 0 Å². The molecule has 3 atom stereocenters. The zero-order chi connectivity index (χ0) is 21.3. The van der Waals surface area contributed by atoms with Crippen LogP contribution >= 0.6 is 0 Å². The third-order valence-electron chi connectivity index (χ3n) is 3.27. The molecule has 0 spiro atoms. The molecule has 0 amide bonds. The Bertz CT molecular complexity index is 841. The van der Waals surface area contributed by atoms with Gasteiger partial charge in [0.2, 0.25) is 11.7 Å². The highest BCUT2D eigenvalue weighted by molar-refractivity contribution is 5.85. The summed E-state index contributed by atoms with van der Waals surface area (Å²) in [5, 5.41) is 18.5. The van der Waals surface area contributed by atoms with E-state index < -0.39 is 47.2 Å². The summed E-state index contributed by atoms with van der Waals surface area (Å²) < 4.78 is 9.58. The molecule has 11 heteroatoms. The van der Waals surface area contributed by atoms with E-state index in [1.165, 1.54) is 13.8 Å². The van der Waals surface area contributed by atoms with Crippen molar-refractivity contribution >= 4 is 17.7 Å². The van der Waals surface area contributed by atoms with E-state index in [0.717, 1.165) is 6.92 Å². The standard InChI is InChI=1S/C17H16N6O5/c1-5-27-16(25)11(8-19)14-21-13(10(7-18)9(3)24)22-15(23-14)12(20-4)17(26)28-6-2/h10-12H,5-6H2,1-3H3. The molecule has 11 nitrogen and oxygen atoms in total. The first-order chi connectivity index (χ1) is 13.3. The quantitative estimate of drug-likeness (QED) is 0.462. The van der Waals surface area contributed by atoms with Crippen LogP contribution in [0.5, 0.6) is 0 Å². The Kier molecular flexibility index (Phi) is 8.13. The van der Waals surface area contributed by atoms with Crippen LogP contribution < -0.4 is 0 Å². The lowest BCUT2D eigenvalue weighted by molar-refractivity contribution is -0.144. The number of hydrogen-bond donors (Lipinski definition) is 0. The molecule has 0 bridgehead atoms. The number of nitriles is 2. The predicted molar refractivity (Wildman–Crippen MR) is 89.8 cm³/mol. The molecular weight excluding hydrogens is 368 g/mol. The number of carbonyl (C=O) groups is 3. The topological polar surface area (TPSA) is 160 Å². The summed E-state index contributed by atoms with van der Waals surface area (Å²) in [4.78, 5) is 50.5. The highest BCUT2D eigenvalue weighted by atomic mass is 16.5. The lowest BCUT2D eigenvalue weighted by Gasteiger charge is -2.12. The van der Waals surface area contributed by atoms with Crippen LogP contribution in [0.1, 0.15) is 56.1 Å². The van der Waals surface area contributed by atoms with E-state index in [9.17, 15) is 24.9 Å². The number of aromatic nitrogens is 3. The summed E-state index contributed by atoms with van der Waals surface area (Å²) in [6, 6.07) is 1.75. The lowest BCUT2D eigenvalue weighted by Crippen LogP contribution is -2.24. The van der Waals surface area contributed by atoms with Crippen molar-refractivity contribution in [1.29, 1.82) is 10.5 Å². The molecule has 1 aromatic heterocycles. The van der Waals surface area contributed by atoms with Crippen molar-refractivity contribution in [1.82, 2.24) is 15.0 Å². The first kappa shape index (κ1) is 22.1. The van der Waals surface area contributed by atoms with Crippen molar-refractivity contribution in [2.45, 2.75) is 38.6 Å². The fourth-order valence-corrected chi connectivity index (χ4v) is 2.02. The maximum Gasteiger partial charge on any atom is 0.398 e. The molecule has 0 aromatic carbocycles. The van der Waals surface area contributed by atoms with Gasteiger partial charge in [-0.25, -0.2) is 26.3 Å². The third-order valence-corrected chi connectivity index (χ3v) is 3.27. The van der Waals surface area contributed by atoms with Crippen LogP contribution in [0.3, 0.4) is 0 Å². The maximum atomic E-state index is 12.0. The molecule has 1 aromatic rings. The normalized spacial score (nSPS) is 13.0. The molecule has 28 heavy (non-hydrogen) atoms. The van der Waals surface area contributed by atoms with Crippen LogP contribution in [0.2, 0.25) is 0 Å². The second-order valence-electron chi connectivity index (χ2n) is 5.18. The summed E-state index contributed by atoms with van der Waals surface area (Å²) in [6.45, 7) is 11.4. The summed E-state index contributed by atoms with van der Waals surface area (Å²) in [5.41, 5.74) is 0. The zero-order valence-electron chi connectivity index (χ0n) is 15.4. The number of carbonyl (C=O) groups excluding carboxylic acids is 3. The monoisotopic (exact) mass is 384 g/mol. The molecule has 144 valence electrons. The molecule has 1 rings (SSSR count). The molecule has 0 aliphatic carbocycles. The Morgan fingerprint density at radius 3 is 1.86 bits per heavy atom. The van der Waals surface area contributed by atoms with Gasteiger partial charge in [-0.2, -0.15) is 10.5 Å². The van der Waals surface area contributed by atoms with Gasteiger partial charge in [-0.15, -0.1) is 0 Å². The Labute approximate surface area is 160 Å². The van der Waals surface area contributed by atoms with Gasteiger partial charge in [0.25, 0.3) is 0 Å². The van der Waals surface area contributed by atoms with Crippen LogP contribution in [-0.2, 0) is 23.9 Å². The first-order valence-electron chi connectivity index (χ1n) is 8.09. The number of ether oxygens (including phenoxy) is 2. The maximum absolute atomic E-state index is 12.0. The molecule has 0 fully saturated rings. The van der Waals surface area contributed by atoms with Crippen molar-refractivity contribution in [3.63, 3.8) is 0 Å². The van der Waals surface area contributed by atoms with Gasteiger partial charge in [0.05, 0.1) is 25.4 Å². The van der Waals surface area contributed by atoms with Crippen molar-refractivity contribution in [3.8, 4) is 12.1 Å². The van der Waals surface area contributed by atoms with E-state index in [2.05, 4.69) is 19.8 Å². The van der Waals surface area contributed by atoms with E-state index in [1.54, 1.807) is 12.1 Å². The van der Waals surface area contributed by atoms with Crippen LogP contribution in [-0.4, -0.2) is 45.9 Å². The number of nitrogens with zero attached hydrogens (tertiary/aromatic N) is 6. The van der Waals surface area contributed by atoms with Gasteiger partial charge < -0.3 is 9.47 Å². The largest absolute Gasteiger partial charge is 0.465 e. The number of rotatable bonds is 8. The van der Waals surface area contributed by atoms with E-state index >= 15 is 0 Å². The molecule has 0 N–H and O–H groups in total. The Morgan fingerprint density at radius 1 is 0.964 bits per heavy atom. The fraction of sp³-hybridized carbons (Fsp3) is 0.471. The molecule has 0 radical (unpaired) electrons. The Hall–Kier alpha value is -3.91. The molecular formula is C17H16N6O5. The average Bonchev–Trinajstić information content (AvgIpc) is 2.63. The van der Waals surface area contributed by atoms with E-state index in [1.807, 2.05) is 0 Å². The van der Waals surface area contributed by atoms with Gasteiger partial charge in [-0.05, 0) is 20.8 Å². The summed E-state index contributed by atoms with van der Waals surface area (Å²) in [5.74, 6) is -6.79. The van der Waals surface area contributed by atoms with Crippen LogP contribution in [0.25, 0.3) is 4.85 Å². The van der Waals surface area contributed by atoms with E-state index in [-0.39, 0.29) is 19.0 Å². The second kappa shape index (κ2) is 10.3. The minimum absolute atomic E-state index is 0.00638. The van der Waals surface area contributed by atoms with E-state index in [0.29, 0.717) is 0 Å². The Morgan fingerprint density at radius 2 is 1.43 bits per heavy atom. The second-order valence-corrected chi connectivity index (χ2v) is 5.18. The lowest BCUT2D eigenvalue weighted by atomic mass is 10.1. The number of ketones is 1. The summed E-state index contributed by atoms with van der Waals surface area (Å²) in [6.07, 6.45) is 0. The van der Waals surface area contributed by atoms with Crippen molar-refractivity contribution in [2.75, 3.05) is 13.2 Å². The fourth-order valence-electron chi connectivity index (χ4n) is 2.02. The number of hydrogen-bond acceptors (Lipinski definition) is 10. The van der Waals surface area contributed by atoms with Gasteiger partial charge >= 0.3 is 18.0 Å². The molecule has 0 aliphatic heterocycles. The number of Topliss-reactive ketones (excluding diaryl/α,β-unsaturated/α-hetero) is 1. The predicted octanol–water partition coefficient (Wildman–Crippen LogP) is 0.762. The minimum Gasteiger partial charge on any atom is -0.465 e. The summed E-state index contributed by atoms with van der Waals surface area (Å²) >= 11 is 0. The number of esters is 2.